The summed E-state index contributed by atoms with van der Waals surface area (Å²) in [5, 5.41) is 3.68. The highest BCUT2D eigenvalue weighted by Crippen LogP contribution is 2.37. The van der Waals surface area contributed by atoms with Gasteiger partial charge in [-0.2, -0.15) is 0 Å². The lowest BCUT2D eigenvalue weighted by Gasteiger charge is -2.36. The van der Waals surface area contributed by atoms with Crippen molar-refractivity contribution in [2.45, 2.75) is 38.1 Å². The van der Waals surface area contributed by atoms with Crippen LogP contribution in [-0.2, 0) is 6.42 Å². The average Bonchev–Trinajstić information content (AvgIpc) is 2.78. The van der Waals surface area contributed by atoms with E-state index in [4.69, 9.17) is 0 Å². The zero-order valence-electron chi connectivity index (χ0n) is 11.7. The number of thiophene rings is 1. The zero-order valence-corrected chi connectivity index (χ0v) is 14.1. The minimum atomic E-state index is 0.712. The number of rotatable bonds is 5. The van der Waals surface area contributed by atoms with E-state index in [-0.39, 0.29) is 0 Å². The smallest absolute Gasteiger partial charge is 0.0701 e. The van der Waals surface area contributed by atoms with Crippen LogP contribution in [0.3, 0.4) is 0 Å². The predicted octanol–water partition coefficient (Wildman–Crippen LogP) is 4.90. The fourth-order valence-electron chi connectivity index (χ4n) is 2.87. The van der Waals surface area contributed by atoms with Crippen molar-refractivity contribution in [2.24, 2.45) is 0 Å². The Balaban J connectivity index is 1.40. The van der Waals surface area contributed by atoms with Crippen molar-refractivity contribution in [3.05, 3.63) is 56.2 Å². The molecule has 1 aromatic heterocycles. The van der Waals surface area contributed by atoms with Crippen molar-refractivity contribution in [1.29, 1.82) is 0 Å². The molecule has 2 aromatic rings. The minimum Gasteiger partial charge on any atom is -0.314 e. The van der Waals surface area contributed by atoms with Gasteiger partial charge in [-0.05, 0) is 65.7 Å². The molecule has 0 spiro atoms. The summed E-state index contributed by atoms with van der Waals surface area (Å²) < 4.78 is 1.23. The number of hydrogen-bond acceptors (Lipinski definition) is 2. The van der Waals surface area contributed by atoms with Gasteiger partial charge in [-0.15, -0.1) is 11.3 Å². The first kappa shape index (κ1) is 14.3. The van der Waals surface area contributed by atoms with Crippen LogP contribution in [0.4, 0.5) is 0 Å². The van der Waals surface area contributed by atoms with Crippen molar-refractivity contribution < 1.29 is 0 Å². The van der Waals surface area contributed by atoms with Crippen LogP contribution in [0.1, 0.15) is 34.8 Å². The van der Waals surface area contributed by atoms with Crippen molar-refractivity contribution in [1.82, 2.24) is 5.32 Å². The van der Waals surface area contributed by atoms with Gasteiger partial charge in [-0.25, -0.2) is 0 Å². The van der Waals surface area contributed by atoms with Gasteiger partial charge in [-0.3, -0.25) is 0 Å². The van der Waals surface area contributed by atoms with Crippen molar-refractivity contribution in [2.75, 3.05) is 6.54 Å². The molecule has 1 nitrogen and oxygen atoms in total. The quantitative estimate of drug-likeness (QED) is 0.809. The second-order valence-corrected chi connectivity index (χ2v) is 8.24. The Morgan fingerprint density at radius 3 is 2.80 bits per heavy atom. The number of halogens is 1. The summed E-state index contributed by atoms with van der Waals surface area (Å²) in [6.07, 6.45) is 3.72. The summed E-state index contributed by atoms with van der Waals surface area (Å²) in [6.45, 7) is 3.27. The van der Waals surface area contributed by atoms with Gasteiger partial charge in [0, 0.05) is 17.5 Å². The molecule has 0 radical (unpaired) electrons. The van der Waals surface area contributed by atoms with E-state index in [2.05, 4.69) is 64.6 Å². The van der Waals surface area contributed by atoms with Gasteiger partial charge in [0.05, 0.1) is 3.79 Å². The third-order valence-electron chi connectivity index (χ3n) is 4.08. The van der Waals surface area contributed by atoms with Crippen LogP contribution in [-0.4, -0.2) is 12.6 Å². The molecule has 3 heteroatoms. The SMILES string of the molecule is Cc1cccc(C2CC(NCCc3ccc(Br)s3)C2)c1. The van der Waals surface area contributed by atoms with E-state index < -0.39 is 0 Å². The molecule has 1 aliphatic carbocycles. The summed E-state index contributed by atoms with van der Waals surface area (Å²) in [7, 11) is 0. The normalized spacial score (nSPS) is 21.7. The summed E-state index contributed by atoms with van der Waals surface area (Å²) in [5.41, 5.74) is 2.90. The van der Waals surface area contributed by atoms with E-state index in [0.717, 1.165) is 18.9 Å². The van der Waals surface area contributed by atoms with Crippen LogP contribution in [0.15, 0.2) is 40.2 Å². The lowest BCUT2D eigenvalue weighted by Crippen LogP contribution is -2.40. The van der Waals surface area contributed by atoms with Crippen LogP contribution < -0.4 is 5.32 Å². The Kier molecular flexibility index (Phi) is 4.59. The van der Waals surface area contributed by atoms with Gasteiger partial charge in [0.15, 0.2) is 0 Å². The molecule has 1 heterocycles. The Labute approximate surface area is 133 Å². The molecule has 0 aliphatic heterocycles. The highest BCUT2D eigenvalue weighted by Gasteiger charge is 2.29. The Morgan fingerprint density at radius 2 is 2.10 bits per heavy atom. The minimum absolute atomic E-state index is 0.712. The van der Waals surface area contributed by atoms with E-state index in [1.165, 1.54) is 32.6 Å². The van der Waals surface area contributed by atoms with Gasteiger partial charge in [-0.1, -0.05) is 29.8 Å². The van der Waals surface area contributed by atoms with E-state index >= 15 is 0 Å². The van der Waals surface area contributed by atoms with Crippen LogP contribution >= 0.6 is 27.3 Å². The van der Waals surface area contributed by atoms with Crippen LogP contribution in [0, 0.1) is 6.92 Å². The topological polar surface area (TPSA) is 12.0 Å². The first-order chi connectivity index (χ1) is 9.70. The molecule has 1 N–H and O–H groups in total. The molecular formula is C17H20BrNS. The molecule has 3 rings (SSSR count). The maximum absolute atomic E-state index is 3.68. The molecule has 106 valence electrons. The lowest BCUT2D eigenvalue weighted by atomic mass is 9.75. The van der Waals surface area contributed by atoms with Gasteiger partial charge < -0.3 is 5.32 Å². The molecule has 1 fully saturated rings. The molecule has 0 unspecified atom stereocenters. The molecule has 1 aliphatic rings. The first-order valence-electron chi connectivity index (χ1n) is 7.25. The second-order valence-electron chi connectivity index (χ2n) is 5.69. The summed E-state index contributed by atoms with van der Waals surface area (Å²) >= 11 is 5.36. The third-order valence-corrected chi connectivity index (χ3v) is 5.77. The van der Waals surface area contributed by atoms with Crippen LogP contribution in [0.5, 0.6) is 0 Å². The van der Waals surface area contributed by atoms with Gasteiger partial charge in [0.25, 0.3) is 0 Å². The maximum atomic E-state index is 3.68. The monoisotopic (exact) mass is 349 g/mol. The zero-order chi connectivity index (χ0) is 13.9. The molecule has 0 amide bonds. The van der Waals surface area contributed by atoms with Crippen LogP contribution in [0.25, 0.3) is 0 Å². The van der Waals surface area contributed by atoms with E-state index in [1.807, 2.05) is 11.3 Å². The molecule has 0 bridgehead atoms. The van der Waals surface area contributed by atoms with E-state index in [0.29, 0.717) is 6.04 Å². The summed E-state index contributed by atoms with van der Waals surface area (Å²) in [4.78, 5) is 1.46. The van der Waals surface area contributed by atoms with Crippen molar-refractivity contribution in [3.63, 3.8) is 0 Å². The molecule has 0 saturated heterocycles. The second kappa shape index (κ2) is 6.42. The maximum Gasteiger partial charge on any atom is 0.0701 e. The first-order valence-corrected chi connectivity index (χ1v) is 8.86. The fourth-order valence-corrected chi connectivity index (χ4v) is 4.35. The largest absolute Gasteiger partial charge is 0.314 e. The number of nitrogens with one attached hydrogen (secondary N) is 1. The summed E-state index contributed by atoms with van der Waals surface area (Å²) in [6, 6.07) is 14.0. The van der Waals surface area contributed by atoms with Gasteiger partial charge in [0.2, 0.25) is 0 Å². The number of aryl methyl sites for hydroxylation is 1. The lowest BCUT2D eigenvalue weighted by molar-refractivity contribution is 0.293. The Morgan fingerprint density at radius 1 is 1.25 bits per heavy atom. The fraction of sp³-hybridized carbons (Fsp3) is 0.412. The van der Waals surface area contributed by atoms with Crippen LogP contribution in [0.2, 0.25) is 0 Å². The molecule has 20 heavy (non-hydrogen) atoms. The summed E-state index contributed by atoms with van der Waals surface area (Å²) in [5.74, 6) is 0.767. The highest BCUT2D eigenvalue weighted by molar-refractivity contribution is 9.11. The van der Waals surface area contributed by atoms with Gasteiger partial charge in [0.1, 0.15) is 0 Å². The third kappa shape index (κ3) is 3.51. The van der Waals surface area contributed by atoms with Crippen molar-refractivity contribution >= 4 is 27.3 Å². The Bertz CT molecular complexity index is 572. The van der Waals surface area contributed by atoms with E-state index in [1.54, 1.807) is 0 Å². The number of hydrogen-bond donors (Lipinski definition) is 1. The highest BCUT2D eigenvalue weighted by atomic mass is 79.9. The predicted molar refractivity (Wildman–Crippen MR) is 90.7 cm³/mol. The van der Waals surface area contributed by atoms with Gasteiger partial charge >= 0.3 is 0 Å². The Hall–Kier alpha value is -0.640. The van der Waals surface area contributed by atoms with E-state index in [9.17, 15) is 0 Å². The average molecular weight is 350 g/mol. The molecular weight excluding hydrogens is 330 g/mol. The molecule has 0 atom stereocenters. The van der Waals surface area contributed by atoms with Crippen molar-refractivity contribution in [3.8, 4) is 0 Å². The number of benzene rings is 1. The molecule has 1 saturated carbocycles. The molecule has 1 aromatic carbocycles. The standard InChI is InChI=1S/C17H20BrNS/c1-12-3-2-4-13(9-12)14-10-15(11-14)19-8-7-16-5-6-17(18)20-16/h2-6,9,14-15,19H,7-8,10-11H2,1H3.